The van der Waals surface area contributed by atoms with Crippen LogP contribution in [-0.4, -0.2) is 14.8 Å². The molecule has 0 aliphatic carbocycles. The van der Waals surface area contributed by atoms with Gasteiger partial charge in [-0.3, -0.25) is 30.3 Å². The average Bonchev–Trinajstić information content (AvgIpc) is 2.15. The molecule has 0 unspecified atom stereocenters. The summed E-state index contributed by atoms with van der Waals surface area (Å²) in [5.41, 5.74) is -4.48. The summed E-state index contributed by atoms with van der Waals surface area (Å²) in [6, 6.07) is 0.109. The largest absolute Gasteiger partial charge is 1.00 e. The van der Waals surface area contributed by atoms with E-state index in [4.69, 9.17) is 0 Å². The molecule has 13 heteroatoms. The van der Waals surface area contributed by atoms with Gasteiger partial charge in [0, 0.05) is 0 Å². The Morgan fingerprint density at radius 1 is 0.737 bits per heavy atom. The Kier molecular flexibility index (Phi) is 8.10. The van der Waals surface area contributed by atoms with Gasteiger partial charge in [-0.1, -0.05) is 0 Å². The molecule has 0 N–H and O–H groups in total. The minimum Gasteiger partial charge on any atom is -0.863 e. The average molecular weight is 289 g/mol. The molecule has 0 aromatic heterocycles. The topological polar surface area (TPSA) is 176 Å². The Morgan fingerprint density at radius 2 is 1.05 bits per heavy atom. The maximum atomic E-state index is 11.1. The molecule has 90 valence electrons. The molecule has 0 saturated heterocycles. The van der Waals surface area contributed by atoms with Crippen LogP contribution >= 0.6 is 0 Å². The van der Waals surface area contributed by atoms with Gasteiger partial charge in [0.1, 0.15) is 0 Å². The third-order valence-electron chi connectivity index (χ3n) is 1.74. The van der Waals surface area contributed by atoms with Gasteiger partial charge in [-0.25, -0.2) is 0 Å². The van der Waals surface area contributed by atoms with Crippen LogP contribution < -0.4 is 69.3 Å². The van der Waals surface area contributed by atoms with E-state index in [1.165, 1.54) is 0 Å². The van der Waals surface area contributed by atoms with Crippen molar-refractivity contribution < 1.29 is 84.1 Å². The van der Waals surface area contributed by atoms with E-state index in [-0.39, 0.29) is 65.2 Å². The fourth-order valence-electron chi connectivity index (χ4n) is 1.04. The Hall–Kier alpha value is -0.980. The van der Waals surface area contributed by atoms with Crippen molar-refractivity contribution >= 4 is 17.1 Å². The van der Waals surface area contributed by atoms with Crippen molar-refractivity contribution in [3.63, 3.8) is 0 Å². The second-order valence-corrected chi connectivity index (χ2v) is 2.69. The van der Waals surface area contributed by atoms with Gasteiger partial charge in [0.2, 0.25) is 0 Å². The van der Waals surface area contributed by atoms with Crippen LogP contribution in [0.1, 0.15) is 0 Å². The van der Waals surface area contributed by atoms with Crippen molar-refractivity contribution in [1.82, 2.24) is 0 Å². The third kappa shape index (κ3) is 3.99. The summed E-state index contributed by atoms with van der Waals surface area (Å²) in [6.45, 7) is 0. The van der Waals surface area contributed by atoms with E-state index >= 15 is 0 Å². The molecular formula is C6HN3Na2O8. The molecule has 0 spiro atoms. The van der Waals surface area contributed by atoms with Crippen LogP contribution in [0.5, 0.6) is 11.5 Å². The summed E-state index contributed by atoms with van der Waals surface area (Å²) in [6.07, 6.45) is 0. The molecule has 0 aliphatic rings. The molecule has 0 atom stereocenters. The van der Waals surface area contributed by atoms with Gasteiger partial charge in [0.05, 0.1) is 32.3 Å². The summed E-state index contributed by atoms with van der Waals surface area (Å²) in [7, 11) is 0. The molecule has 0 amide bonds. The van der Waals surface area contributed by atoms with E-state index < -0.39 is 43.3 Å². The molecular weight excluding hydrogens is 288 g/mol. The normalized spacial score (nSPS) is 8.84. The summed E-state index contributed by atoms with van der Waals surface area (Å²) in [4.78, 5) is 26.9. The molecule has 0 fully saturated rings. The van der Waals surface area contributed by atoms with Gasteiger partial charge in [0.25, 0.3) is 17.1 Å². The van der Waals surface area contributed by atoms with Crippen LogP contribution in [0.25, 0.3) is 0 Å². The number of rotatable bonds is 3. The van der Waals surface area contributed by atoms with E-state index in [0.717, 1.165) is 0 Å². The van der Waals surface area contributed by atoms with Crippen LogP contribution in [0.2, 0.25) is 0 Å². The van der Waals surface area contributed by atoms with Crippen molar-refractivity contribution in [3.05, 3.63) is 36.4 Å². The number of nitro benzene ring substituents is 3. The maximum Gasteiger partial charge on any atom is 1.00 e. The van der Waals surface area contributed by atoms with Crippen LogP contribution in [0.3, 0.4) is 0 Å². The standard InChI is InChI=1S/C6H3N3O8.2Na/c10-5-2(7(12)13)1-3(8(14)15)6(11)4(5)9(16)17;;/h1,10-11H;;/q;2*+1/p-2. The maximum absolute atomic E-state index is 11.1. The van der Waals surface area contributed by atoms with Crippen molar-refractivity contribution in [2.75, 3.05) is 0 Å². The molecule has 0 saturated carbocycles. The van der Waals surface area contributed by atoms with E-state index in [9.17, 15) is 40.6 Å². The molecule has 0 heterocycles. The number of benzene rings is 1. The summed E-state index contributed by atoms with van der Waals surface area (Å²) < 4.78 is 0. The zero-order valence-corrected chi connectivity index (χ0v) is 13.7. The quantitative estimate of drug-likeness (QED) is 0.299. The Labute approximate surface area is 148 Å². The molecule has 1 aromatic carbocycles. The number of hydrogen-bond donors (Lipinski definition) is 0. The van der Waals surface area contributed by atoms with E-state index in [0.29, 0.717) is 0 Å². The minimum atomic E-state index is -1.75. The molecule has 11 nitrogen and oxygen atoms in total. The Balaban J connectivity index is 0. The SMILES string of the molecule is O=[N+]([O-])c1cc([N+](=O)[O-])c([O-])c([N+](=O)[O-])c1[O-].[Na+].[Na+]. The van der Waals surface area contributed by atoms with Crippen molar-refractivity contribution in [1.29, 1.82) is 0 Å². The van der Waals surface area contributed by atoms with E-state index in [1.807, 2.05) is 0 Å². The number of hydrogen-bond acceptors (Lipinski definition) is 8. The molecule has 0 bridgehead atoms. The zero-order chi connectivity index (χ0) is 13.3. The van der Waals surface area contributed by atoms with E-state index in [2.05, 4.69) is 0 Å². The van der Waals surface area contributed by atoms with Gasteiger partial charge in [-0.05, 0) is 0 Å². The Morgan fingerprint density at radius 3 is 1.26 bits per heavy atom. The molecule has 0 aliphatic heterocycles. The van der Waals surface area contributed by atoms with Crippen LogP contribution in [0.15, 0.2) is 6.07 Å². The third-order valence-corrected chi connectivity index (χ3v) is 1.74. The van der Waals surface area contributed by atoms with Crippen molar-refractivity contribution in [3.8, 4) is 11.5 Å². The van der Waals surface area contributed by atoms with Crippen LogP contribution in [-0.2, 0) is 0 Å². The fraction of sp³-hybridized carbons (Fsp3) is 0. The smallest absolute Gasteiger partial charge is 0.863 e. The minimum absolute atomic E-state index is 0. The van der Waals surface area contributed by atoms with Crippen molar-refractivity contribution in [2.45, 2.75) is 0 Å². The fourth-order valence-corrected chi connectivity index (χ4v) is 1.04. The van der Waals surface area contributed by atoms with Gasteiger partial charge < -0.3 is 10.2 Å². The first kappa shape index (κ1) is 20.3. The summed E-state index contributed by atoms with van der Waals surface area (Å²) in [5, 5.41) is 53.3. The van der Waals surface area contributed by atoms with Gasteiger partial charge in [0.15, 0.2) is 0 Å². The second kappa shape index (κ2) is 7.57. The first-order chi connectivity index (χ1) is 7.77. The molecule has 0 radical (unpaired) electrons. The van der Waals surface area contributed by atoms with E-state index in [1.54, 1.807) is 0 Å². The van der Waals surface area contributed by atoms with Crippen molar-refractivity contribution in [2.24, 2.45) is 0 Å². The predicted octanol–water partition coefficient (Wildman–Crippen LogP) is -6.43. The first-order valence-electron chi connectivity index (χ1n) is 3.75. The first-order valence-corrected chi connectivity index (χ1v) is 3.75. The molecule has 19 heavy (non-hydrogen) atoms. The van der Waals surface area contributed by atoms with Gasteiger partial charge >= 0.3 is 59.1 Å². The summed E-state index contributed by atoms with van der Waals surface area (Å²) >= 11 is 0. The van der Waals surface area contributed by atoms with Gasteiger partial charge in [-0.2, -0.15) is 0 Å². The zero-order valence-electron chi connectivity index (χ0n) is 9.68. The monoisotopic (exact) mass is 289 g/mol. The summed E-state index contributed by atoms with van der Waals surface area (Å²) in [5.74, 6) is -3.51. The molecule has 1 aromatic rings. The predicted molar refractivity (Wildman–Crippen MR) is 45.3 cm³/mol. The second-order valence-electron chi connectivity index (χ2n) is 2.69. The number of nitro groups is 3. The Bertz CT molecular complexity index is 510. The molecule has 1 rings (SSSR count). The van der Waals surface area contributed by atoms with Gasteiger partial charge in [-0.15, -0.1) is 0 Å². The van der Waals surface area contributed by atoms with Crippen LogP contribution in [0.4, 0.5) is 17.1 Å². The number of nitrogens with zero attached hydrogens (tertiary/aromatic N) is 3. The van der Waals surface area contributed by atoms with Crippen LogP contribution in [0, 0.1) is 30.3 Å².